The number of carbonyl (C=O) groups excluding carboxylic acids is 3. The molecule has 0 spiro atoms. The molecule has 2 fully saturated rings. The van der Waals surface area contributed by atoms with Crippen LogP contribution in [0.15, 0.2) is 42.5 Å². The molecule has 0 unspecified atom stereocenters. The van der Waals surface area contributed by atoms with Gasteiger partial charge in [0.25, 0.3) is 5.91 Å². The van der Waals surface area contributed by atoms with Gasteiger partial charge in [-0.15, -0.1) is 0 Å². The summed E-state index contributed by atoms with van der Waals surface area (Å²) >= 11 is 0. The van der Waals surface area contributed by atoms with Crippen molar-refractivity contribution in [3.8, 4) is 0 Å². The van der Waals surface area contributed by atoms with Crippen molar-refractivity contribution in [2.24, 2.45) is 5.92 Å². The number of piperidine rings is 1. The maximum Gasteiger partial charge on any atom is 0.251 e. The van der Waals surface area contributed by atoms with Crippen molar-refractivity contribution in [3.63, 3.8) is 0 Å². The van der Waals surface area contributed by atoms with Crippen molar-refractivity contribution in [1.82, 2.24) is 15.1 Å². The summed E-state index contributed by atoms with van der Waals surface area (Å²) in [6.07, 6.45) is 3.31. The molecule has 6 heteroatoms. The minimum Gasteiger partial charge on any atom is -0.352 e. The number of nitrogens with zero attached hydrogens (tertiary/aromatic N) is 2. The Balaban J connectivity index is 1.33. The van der Waals surface area contributed by atoms with Crippen molar-refractivity contribution in [2.75, 3.05) is 32.7 Å². The van der Waals surface area contributed by atoms with Gasteiger partial charge in [-0.3, -0.25) is 14.4 Å². The summed E-state index contributed by atoms with van der Waals surface area (Å²) in [6, 6.07) is 13.6. The summed E-state index contributed by atoms with van der Waals surface area (Å²) in [5.41, 5.74) is 0.680. The second kappa shape index (κ2) is 8.64. The van der Waals surface area contributed by atoms with Crippen LogP contribution < -0.4 is 5.32 Å². The van der Waals surface area contributed by atoms with Crippen LogP contribution in [0.4, 0.5) is 0 Å². The van der Waals surface area contributed by atoms with Crippen molar-refractivity contribution >= 4 is 28.5 Å². The third-order valence-electron chi connectivity index (χ3n) is 5.95. The van der Waals surface area contributed by atoms with Gasteiger partial charge in [0, 0.05) is 38.2 Å². The third-order valence-corrected chi connectivity index (χ3v) is 5.95. The Morgan fingerprint density at radius 2 is 1.86 bits per heavy atom. The molecule has 0 bridgehead atoms. The molecule has 152 valence electrons. The first kappa shape index (κ1) is 19.4. The Kier molecular flexibility index (Phi) is 5.79. The van der Waals surface area contributed by atoms with Crippen molar-refractivity contribution in [2.45, 2.75) is 25.7 Å². The average molecular weight is 393 g/mol. The van der Waals surface area contributed by atoms with Crippen molar-refractivity contribution in [3.05, 3.63) is 48.0 Å². The van der Waals surface area contributed by atoms with Crippen LogP contribution in [-0.4, -0.2) is 60.2 Å². The zero-order valence-electron chi connectivity index (χ0n) is 16.6. The van der Waals surface area contributed by atoms with Crippen LogP contribution in [0.3, 0.4) is 0 Å². The summed E-state index contributed by atoms with van der Waals surface area (Å²) < 4.78 is 0. The molecule has 0 aromatic heterocycles. The number of hydrogen-bond donors (Lipinski definition) is 1. The van der Waals surface area contributed by atoms with E-state index < -0.39 is 0 Å². The van der Waals surface area contributed by atoms with E-state index in [-0.39, 0.29) is 30.2 Å². The fraction of sp³-hybridized carbons (Fsp3) is 0.435. The van der Waals surface area contributed by atoms with Gasteiger partial charge in [0.1, 0.15) is 0 Å². The minimum absolute atomic E-state index is 0.0188. The minimum atomic E-state index is -0.0760. The highest BCUT2D eigenvalue weighted by molar-refractivity contribution is 6.07. The van der Waals surface area contributed by atoms with E-state index in [0.717, 1.165) is 36.6 Å². The molecule has 29 heavy (non-hydrogen) atoms. The summed E-state index contributed by atoms with van der Waals surface area (Å²) in [4.78, 5) is 40.6. The molecule has 6 nitrogen and oxygen atoms in total. The van der Waals surface area contributed by atoms with Gasteiger partial charge >= 0.3 is 0 Å². The van der Waals surface area contributed by atoms with E-state index in [9.17, 15) is 14.4 Å². The predicted molar refractivity (Wildman–Crippen MR) is 111 cm³/mol. The van der Waals surface area contributed by atoms with Gasteiger partial charge in [0.2, 0.25) is 11.8 Å². The average Bonchev–Trinajstić information content (AvgIpc) is 3.16. The number of rotatable bonds is 5. The molecule has 0 radical (unpaired) electrons. The largest absolute Gasteiger partial charge is 0.352 e. The number of likely N-dealkylation sites (tertiary alicyclic amines) is 2. The Labute approximate surface area is 170 Å². The lowest BCUT2D eigenvalue weighted by Crippen LogP contribution is -2.47. The molecular weight excluding hydrogens is 366 g/mol. The molecule has 1 N–H and O–H groups in total. The van der Waals surface area contributed by atoms with Gasteiger partial charge in [-0.1, -0.05) is 36.4 Å². The number of hydrogen-bond acceptors (Lipinski definition) is 3. The van der Waals surface area contributed by atoms with Gasteiger partial charge in [-0.25, -0.2) is 0 Å². The third kappa shape index (κ3) is 4.42. The number of carbonyl (C=O) groups is 3. The van der Waals surface area contributed by atoms with Gasteiger partial charge in [0.05, 0.1) is 6.54 Å². The highest BCUT2D eigenvalue weighted by atomic mass is 16.2. The zero-order chi connectivity index (χ0) is 20.2. The Morgan fingerprint density at radius 1 is 1.03 bits per heavy atom. The first-order valence-electron chi connectivity index (χ1n) is 10.4. The molecule has 2 saturated heterocycles. The quantitative estimate of drug-likeness (QED) is 0.848. The molecule has 1 atom stereocenters. The number of nitrogens with one attached hydrogen (secondary N) is 1. The fourth-order valence-electron chi connectivity index (χ4n) is 4.35. The molecule has 0 saturated carbocycles. The highest BCUT2D eigenvalue weighted by Gasteiger charge is 2.28. The maximum atomic E-state index is 12.7. The van der Waals surface area contributed by atoms with Crippen LogP contribution in [0.5, 0.6) is 0 Å². The monoisotopic (exact) mass is 393 g/mol. The normalized spacial score (nSPS) is 19.6. The predicted octanol–water partition coefficient (Wildman–Crippen LogP) is 2.43. The van der Waals surface area contributed by atoms with E-state index in [0.29, 0.717) is 31.6 Å². The van der Waals surface area contributed by atoms with Crippen LogP contribution in [0.2, 0.25) is 0 Å². The van der Waals surface area contributed by atoms with Gasteiger partial charge in [0.15, 0.2) is 0 Å². The molecule has 0 aliphatic carbocycles. The first-order chi connectivity index (χ1) is 14.1. The molecule has 2 aliphatic heterocycles. The van der Waals surface area contributed by atoms with Gasteiger partial charge in [-0.05, 0) is 42.0 Å². The summed E-state index contributed by atoms with van der Waals surface area (Å²) in [5.74, 6) is 0.258. The Bertz CT molecular complexity index is 921. The maximum absolute atomic E-state index is 12.7. The lowest BCUT2D eigenvalue weighted by atomic mass is 9.97. The second-order valence-corrected chi connectivity index (χ2v) is 8.00. The van der Waals surface area contributed by atoms with Crippen molar-refractivity contribution in [1.29, 1.82) is 0 Å². The van der Waals surface area contributed by atoms with Crippen molar-refractivity contribution < 1.29 is 14.4 Å². The van der Waals surface area contributed by atoms with Crippen LogP contribution in [0.25, 0.3) is 10.8 Å². The zero-order valence-corrected chi connectivity index (χ0v) is 16.6. The standard InChI is InChI=1S/C23H27N3O3/c27-21-11-5-13-26(21)16-22(28)25-12-4-6-17(15-25)14-24-23(29)20-10-3-8-18-7-1-2-9-19(18)20/h1-3,7-10,17H,4-6,11-16H2,(H,24,29)/t17-/m1/s1. The molecule has 2 aromatic carbocycles. The topological polar surface area (TPSA) is 69.7 Å². The first-order valence-corrected chi connectivity index (χ1v) is 10.4. The lowest BCUT2D eigenvalue weighted by Gasteiger charge is -2.34. The number of amides is 3. The second-order valence-electron chi connectivity index (χ2n) is 8.00. The van der Waals surface area contributed by atoms with Crippen LogP contribution >= 0.6 is 0 Å². The van der Waals surface area contributed by atoms with Gasteiger partial charge in [-0.2, -0.15) is 0 Å². The molecule has 4 rings (SSSR count). The lowest BCUT2D eigenvalue weighted by molar-refractivity contribution is -0.139. The van der Waals surface area contributed by atoms with Crippen LogP contribution in [0, 0.1) is 5.92 Å². The van der Waals surface area contributed by atoms with Crippen LogP contribution in [-0.2, 0) is 9.59 Å². The highest BCUT2D eigenvalue weighted by Crippen LogP contribution is 2.20. The van der Waals surface area contributed by atoms with Gasteiger partial charge < -0.3 is 15.1 Å². The van der Waals surface area contributed by atoms with E-state index in [4.69, 9.17) is 0 Å². The fourth-order valence-corrected chi connectivity index (χ4v) is 4.35. The van der Waals surface area contributed by atoms with E-state index in [1.807, 2.05) is 47.4 Å². The molecular formula is C23H27N3O3. The Morgan fingerprint density at radius 3 is 2.69 bits per heavy atom. The Hall–Kier alpha value is -2.89. The summed E-state index contributed by atoms with van der Waals surface area (Å²) in [7, 11) is 0. The summed E-state index contributed by atoms with van der Waals surface area (Å²) in [6.45, 7) is 2.79. The molecule has 2 aromatic rings. The molecule has 2 aliphatic rings. The smallest absolute Gasteiger partial charge is 0.251 e. The van der Waals surface area contributed by atoms with E-state index >= 15 is 0 Å². The number of benzene rings is 2. The molecule has 3 amide bonds. The summed E-state index contributed by atoms with van der Waals surface area (Å²) in [5, 5.41) is 5.05. The van der Waals surface area contributed by atoms with E-state index in [1.165, 1.54) is 0 Å². The molecule has 2 heterocycles. The SMILES string of the molecule is O=C(NC[C@H]1CCCN(C(=O)CN2CCCC2=O)C1)c1cccc2ccccc12. The number of fused-ring (bicyclic) bond motifs is 1. The van der Waals surface area contributed by atoms with E-state index in [1.54, 1.807) is 4.90 Å². The van der Waals surface area contributed by atoms with E-state index in [2.05, 4.69) is 5.32 Å². The van der Waals surface area contributed by atoms with Crippen LogP contribution in [0.1, 0.15) is 36.0 Å².